The fourth-order valence-corrected chi connectivity index (χ4v) is 7.99. The summed E-state index contributed by atoms with van der Waals surface area (Å²) in [5.41, 5.74) is 0. The van der Waals surface area contributed by atoms with Gasteiger partial charge in [0.15, 0.2) is 0 Å². The summed E-state index contributed by atoms with van der Waals surface area (Å²) in [6, 6.07) is -0.978. The SMILES string of the molecule is CCCCCCCCCCCCCCCC/C=C\CCCCCCCCCCCCCCCCCCC(O)C(=O)NC(CO)C(O)C(O)CCCCCCCC. The molecule has 56 heavy (non-hydrogen) atoms. The van der Waals surface area contributed by atoms with Gasteiger partial charge >= 0.3 is 0 Å². The van der Waals surface area contributed by atoms with Crippen LogP contribution in [0, 0.1) is 0 Å². The molecule has 0 aliphatic rings. The molecule has 6 heteroatoms. The Balaban J connectivity index is 3.45. The van der Waals surface area contributed by atoms with Crippen molar-refractivity contribution in [1.82, 2.24) is 5.32 Å². The number of aliphatic hydroxyl groups is 4. The van der Waals surface area contributed by atoms with E-state index in [1.807, 2.05) is 0 Å². The maximum atomic E-state index is 12.4. The summed E-state index contributed by atoms with van der Waals surface area (Å²) in [7, 11) is 0. The van der Waals surface area contributed by atoms with Crippen LogP contribution in [0.5, 0.6) is 0 Å². The van der Waals surface area contributed by atoms with Crippen LogP contribution in [-0.2, 0) is 4.79 Å². The zero-order valence-electron chi connectivity index (χ0n) is 37.7. The number of aliphatic hydroxyl groups excluding tert-OH is 4. The van der Waals surface area contributed by atoms with Crippen LogP contribution in [0.3, 0.4) is 0 Å². The van der Waals surface area contributed by atoms with Crippen molar-refractivity contribution in [2.24, 2.45) is 0 Å². The summed E-state index contributed by atoms with van der Waals surface area (Å²) < 4.78 is 0. The number of hydrogen-bond acceptors (Lipinski definition) is 5. The van der Waals surface area contributed by atoms with E-state index in [-0.39, 0.29) is 0 Å². The number of carbonyl (C=O) groups is 1. The van der Waals surface area contributed by atoms with Crippen molar-refractivity contribution < 1.29 is 25.2 Å². The van der Waals surface area contributed by atoms with E-state index >= 15 is 0 Å². The molecule has 334 valence electrons. The molecule has 0 aliphatic carbocycles. The predicted molar refractivity (Wildman–Crippen MR) is 242 cm³/mol. The van der Waals surface area contributed by atoms with Crippen molar-refractivity contribution in [3.8, 4) is 0 Å². The van der Waals surface area contributed by atoms with Crippen LogP contribution in [-0.4, -0.2) is 57.3 Å². The lowest BCUT2D eigenvalue weighted by Crippen LogP contribution is -2.53. The van der Waals surface area contributed by atoms with Crippen LogP contribution in [0.2, 0.25) is 0 Å². The largest absolute Gasteiger partial charge is 0.394 e. The highest BCUT2D eigenvalue weighted by Crippen LogP contribution is 2.17. The quantitative estimate of drug-likeness (QED) is 0.0311. The molecule has 0 heterocycles. The van der Waals surface area contributed by atoms with Gasteiger partial charge in [-0.3, -0.25) is 4.79 Å². The third-order valence-corrected chi connectivity index (χ3v) is 12.0. The molecule has 0 saturated carbocycles. The molecule has 4 atom stereocenters. The van der Waals surface area contributed by atoms with Crippen LogP contribution >= 0.6 is 0 Å². The number of rotatable bonds is 46. The number of nitrogens with one attached hydrogen (secondary N) is 1. The summed E-state index contributed by atoms with van der Waals surface area (Å²) in [4.78, 5) is 12.4. The maximum Gasteiger partial charge on any atom is 0.249 e. The minimum Gasteiger partial charge on any atom is -0.394 e. The minimum atomic E-state index is -1.25. The third kappa shape index (κ3) is 38.6. The number of carbonyl (C=O) groups excluding carboxylic acids is 1. The van der Waals surface area contributed by atoms with Crippen LogP contribution in [0.15, 0.2) is 12.2 Å². The molecule has 4 unspecified atom stereocenters. The highest BCUT2D eigenvalue weighted by atomic mass is 16.3. The van der Waals surface area contributed by atoms with Crippen molar-refractivity contribution in [2.75, 3.05) is 6.61 Å². The molecule has 5 N–H and O–H groups in total. The van der Waals surface area contributed by atoms with Gasteiger partial charge in [-0.25, -0.2) is 0 Å². The van der Waals surface area contributed by atoms with Gasteiger partial charge in [0.05, 0.1) is 18.8 Å². The van der Waals surface area contributed by atoms with E-state index in [2.05, 4.69) is 31.3 Å². The molecule has 0 saturated heterocycles. The average Bonchev–Trinajstić information content (AvgIpc) is 3.20. The first-order valence-electron chi connectivity index (χ1n) is 25.1. The predicted octanol–water partition coefficient (Wildman–Crippen LogP) is 13.7. The van der Waals surface area contributed by atoms with Gasteiger partial charge in [-0.2, -0.15) is 0 Å². The van der Waals surface area contributed by atoms with Crippen molar-refractivity contribution in [3.63, 3.8) is 0 Å². The second-order valence-corrected chi connectivity index (χ2v) is 17.5. The Morgan fingerprint density at radius 1 is 0.429 bits per heavy atom. The van der Waals surface area contributed by atoms with Gasteiger partial charge in [-0.1, -0.05) is 244 Å². The third-order valence-electron chi connectivity index (χ3n) is 12.0. The van der Waals surface area contributed by atoms with E-state index in [0.717, 1.165) is 38.5 Å². The number of amides is 1. The van der Waals surface area contributed by atoms with E-state index in [4.69, 9.17) is 0 Å². The van der Waals surface area contributed by atoms with Gasteiger partial charge in [0.1, 0.15) is 12.2 Å². The summed E-state index contributed by atoms with van der Waals surface area (Å²) >= 11 is 0. The van der Waals surface area contributed by atoms with Crippen LogP contribution in [0.25, 0.3) is 0 Å². The molecule has 0 rings (SSSR count). The fraction of sp³-hybridized carbons (Fsp3) is 0.940. The summed E-state index contributed by atoms with van der Waals surface area (Å²) in [6.45, 7) is 3.99. The van der Waals surface area contributed by atoms with Gasteiger partial charge in [0.2, 0.25) is 5.91 Å². The van der Waals surface area contributed by atoms with Crippen LogP contribution in [0.1, 0.15) is 271 Å². The van der Waals surface area contributed by atoms with Crippen molar-refractivity contribution in [1.29, 1.82) is 0 Å². The Kier molecular flexibility index (Phi) is 44.4. The molecular formula is C50H99NO5. The molecule has 0 radical (unpaired) electrons. The smallest absolute Gasteiger partial charge is 0.249 e. The standard InChI is InChI=1S/C50H99NO5/c1-3-5-7-9-11-12-13-14-15-16-17-18-19-20-21-22-23-24-25-26-27-28-29-30-31-32-33-34-35-36-37-38-40-42-44-48(54)50(56)51-46(45-52)49(55)47(53)43-41-39-10-8-6-4-2/h22-23,46-49,52-55H,3-21,24-45H2,1-2H3,(H,51,56)/b23-22-. The van der Waals surface area contributed by atoms with E-state index < -0.39 is 36.9 Å². The normalized spacial score (nSPS) is 14.0. The Morgan fingerprint density at radius 2 is 0.714 bits per heavy atom. The highest BCUT2D eigenvalue weighted by molar-refractivity contribution is 5.80. The first-order valence-corrected chi connectivity index (χ1v) is 25.1. The molecule has 6 nitrogen and oxygen atoms in total. The molecule has 0 bridgehead atoms. The monoisotopic (exact) mass is 794 g/mol. The second-order valence-electron chi connectivity index (χ2n) is 17.5. The molecule has 1 amide bonds. The first-order chi connectivity index (χ1) is 27.5. The minimum absolute atomic E-state index is 0.372. The lowest BCUT2D eigenvalue weighted by atomic mass is 9.99. The molecule has 0 fully saturated rings. The van der Waals surface area contributed by atoms with Gasteiger partial charge < -0.3 is 25.7 Å². The van der Waals surface area contributed by atoms with Crippen LogP contribution in [0.4, 0.5) is 0 Å². The van der Waals surface area contributed by atoms with Crippen LogP contribution < -0.4 is 5.32 Å². The maximum absolute atomic E-state index is 12.4. The number of hydrogen-bond donors (Lipinski definition) is 5. The molecule has 0 aromatic rings. The average molecular weight is 794 g/mol. The summed E-state index contributed by atoms with van der Waals surface area (Å²) in [6.07, 6.45) is 51.8. The lowest BCUT2D eigenvalue weighted by molar-refractivity contribution is -0.132. The Labute approximate surface area is 349 Å². The molecule has 0 aromatic heterocycles. The number of allylic oxidation sites excluding steroid dienone is 2. The van der Waals surface area contributed by atoms with E-state index in [1.165, 1.54) is 205 Å². The Hall–Kier alpha value is -0.950. The zero-order valence-corrected chi connectivity index (χ0v) is 37.7. The van der Waals surface area contributed by atoms with Gasteiger partial charge in [0.25, 0.3) is 0 Å². The number of unbranched alkanes of at least 4 members (excludes halogenated alkanes) is 35. The van der Waals surface area contributed by atoms with Crippen molar-refractivity contribution >= 4 is 5.91 Å². The van der Waals surface area contributed by atoms with E-state index in [0.29, 0.717) is 12.8 Å². The topological polar surface area (TPSA) is 110 Å². The molecule has 0 aliphatic heterocycles. The van der Waals surface area contributed by atoms with Gasteiger partial charge in [-0.05, 0) is 38.5 Å². The van der Waals surface area contributed by atoms with Crippen molar-refractivity contribution in [3.05, 3.63) is 12.2 Å². The lowest BCUT2D eigenvalue weighted by Gasteiger charge is -2.27. The Morgan fingerprint density at radius 3 is 1.04 bits per heavy atom. The second kappa shape index (κ2) is 45.1. The van der Waals surface area contributed by atoms with Gasteiger partial charge in [-0.15, -0.1) is 0 Å². The van der Waals surface area contributed by atoms with Gasteiger partial charge in [0, 0.05) is 0 Å². The van der Waals surface area contributed by atoms with E-state index in [1.54, 1.807) is 0 Å². The van der Waals surface area contributed by atoms with E-state index in [9.17, 15) is 25.2 Å². The highest BCUT2D eigenvalue weighted by Gasteiger charge is 2.28. The summed E-state index contributed by atoms with van der Waals surface area (Å²) in [5, 5.41) is 43.3. The Bertz CT molecular complexity index is 806. The molecular weight excluding hydrogens is 695 g/mol. The zero-order chi connectivity index (χ0) is 41.0. The van der Waals surface area contributed by atoms with Crippen molar-refractivity contribution in [2.45, 2.75) is 295 Å². The fourth-order valence-electron chi connectivity index (χ4n) is 7.99. The first kappa shape index (κ1) is 55.0. The summed E-state index contributed by atoms with van der Waals surface area (Å²) in [5.74, 6) is -0.585. The molecule has 0 aromatic carbocycles. The molecule has 0 spiro atoms.